The van der Waals surface area contributed by atoms with Crippen LogP contribution in [0.5, 0.6) is 0 Å². The first-order valence-electron chi connectivity index (χ1n) is 4.99. The van der Waals surface area contributed by atoms with Crippen molar-refractivity contribution in [3.05, 3.63) is 42.7 Å². The van der Waals surface area contributed by atoms with Gasteiger partial charge in [0.2, 0.25) is 0 Å². The van der Waals surface area contributed by atoms with Crippen LogP contribution in [0.15, 0.2) is 42.7 Å². The standard InChI is InChI=1S/C12H10N4/c13-10-6-9-12(15-7-14-9)11(16-10)8-4-2-1-3-5-8/h1-7H,(H2,13,16)(H,14,15). The number of nitrogen functional groups attached to an aromatic ring is 1. The number of nitrogens with zero attached hydrogens (tertiary/aromatic N) is 2. The zero-order valence-electron chi connectivity index (χ0n) is 8.51. The third-order valence-electron chi connectivity index (χ3n) is 2.47. The minimum atomic E-state index is 0.496. The maximum atomic E-state index is 5.76. The van der Waals surface area contributed by atoms with Gasteiger partial charge in [-0.25, -0.2) is 9.97 Å². The quantitative estimate of drug-likeness (QED) is 0.647. The lowest BCUT2D eigenvalue weighted by atomic mass is 10.1. The summed E-state index contributed by atoms with van der Waals surface area (Å²) in [5.41, 5.74) is 9.36. The van der Waals surface area contributed by atoms with Crippen LogP contribution < -0.4 is 5.73 Å². The molecule has 0 fully saturated rings. The Labute approximate surface area is 92.2 Å². The number of fused-ring (bicyclic) bond motifs is 1. The summed E-state index contributed by atoms with van der Waals surface area (Å²) in [4.78, 5) is 11.6. The molecule has 0 aliphatic rings. The molecule has 0 spiro atoms. The van der Waals surface area contributed by atoms with Crippen molar-refractivity contribution in [1.29, 1.82) is 0 Å². The van der Waals surface area contributed by atoms with Gasteiger partial charge in [0.25, 0.3) is 0 Å². The van der Waals surface area contributed by atoms with Crippen molar-refractivity contribution in [2.24, 2.45) is 0 Å². The maximum Gasteiger partial charge on any atom is 0.126 e. The molecule has 78 valence electrons. The molecule has 16 heavy (non-hydrogen) atoms. The molecule has 4 heteroatoms. The Morgan fingerprint density at radius 1 is 1.12 bits per heavy atom. The molecule has 1 aromatic carbocycles. The number of anilines is 1. The minimum absolute atomic E-state index is 0.496. The Bertz CT molecular complexity index is 628. The number of nitrogens with two attached hydrogens (primary N) is 1. The molecular formula is C12H10N4. The van der Waals surface area contributed by atoms with Gasteiger partial charge in [-0.15, -0.1) is 0 Å². The van der Waals surface area contributed by atoms with Crippen molar-refractivity contribution in [3.8, 4) is 11.3 Å². The summed E-state index contributed by atoms with van der Waals surface area (Å²) in [6.45, 7) is 0. The molecule has 0 radical (unpaired) electrons. The van der Waals surface area contributed by atoms with Gasteiger partial charge in [-0.1, -0.05) is 30.3 Å². The minimum Gasteiger partial charge on any atom is -0.384 e. The fourth-order valence-corrected chi connectivity index (χ4v) is 1.76. The van der Waals surface area contributed by atoms with Crippen LogP contribution in [0.25, 0.3) is 22.3 Å². The van der Waals surface area contributed by atoms with Gasteiger partial charge in [0.1, 0.15) is 17.0 Å². The fourth-order valence-electron chi connectivity index (χ4n) is 1.76. The highest BCUT2D eigenvalue weighted by molar-refractivity contribution is 5.90. The highest BCUT2D eigenvalue weighted by Crippen LogP contribution is 2.25. The zero-order chi connectivity index (χ0) is 11.0. The van der Waals surface area contributed by atoms with E-state index in [-0.39, 0.29) is 0 Å². The van der Waals surface area contributed by atoms with Crippen LogP contribution in [-0.2, 0) is 0 Å². The number of H-pyrrole nitrogens is 1. The van der Waals surface area contributed by atoms with Crippen LogP contribution >= 0.6 is 0 Å². The molecule has 3 aromatic rings. The fraction of sp³-hybridized carbons (Fsp3) is 0. The molecule has 2 aromatic heterocycles. The Kier molecular flexibility index (Phi) is 1.86. The van der Waals surface area contributed by atoms with Crippen molar-refractivity contribution in [1.82, 2.24) is 15.0 Å². The first kappa shape index (κ1) is 8.91. The summed E-state index contributed by atoms with van der Waals surface area (Å²) in [5.74, 6) is 0.496. The molecule has 4 nitrogen and oxygen atoms in total. The average molecular weight is 210 g/mol. The number of pyridine rings is 1. The maximum absolute atomic E-state index is 5.76. The van der Waals surface area contributed by atoms with Gasteiger partial charge >= 0.3 is 0 Å². The molecule has 0 aliphatic carbocycles. The van der Waals surface area contributed by atoms with Crippen LogP contribution in [0.1, 0.15) is 0 Å². The monoisotopic (exact) mass is 210 g/mol. The Balaban J connectivity index is 2.34. The van der Waals surface area contributed by atoms with Crippen LogP contribution in [0.3, 0.4) is 0 Å². The second kappa shape index (κ2) is 3.34. The lowest BCUT2D eigenvalue weighted by molar-refractivity contribution is 1.33. The van der Waals surface area contributed by atoms with Gasteiger partial charge in [-0.2, -0.15) is 0 Å². The van der Waals surface area contributed by atoms with Gasteiger partial charge in [0.15, 0.2) is 0 Å². The number of benzene rings is 1. The summed E-state index contributed by atoms with van der Waals surface area (Å²) >= 11 is 0. The van der Waals surface area contributed by atoms with Gasteiger partial charge in [-0.3, -0.25) is 0 Å². The lowest BCUT2D eigenvalue weighted by Gasteiger charge is -2.02. The van der Waals surface area contributed by atoms with E-state index in [0.29, 0.717) is 5.82 Å². The molecule has 0 unspecified atom stereocenters. The number of aromatic amines is 1. The number of imidazole rings is 1. The molecule has 3 N–H and O–H groups in total. The number of hydrogen-bond donors (Lipinski definition) is 2. The van der Waals surface area contributed by atoms with Crippen LogP contribution in [0.2, 0.25) is 0 Å². The van der Waals surface area contributed by atoms with Crippen LogP contribution in [-0.4, -0.2) is 15.0 Å². The van der Waals surface area contributed by atoms with Gasteiger partial charge in [0.05, 0.1) is 11.8 Å². The number of hydrogen-bond acceptors (Lipinski definition) is 3. The highest BCUT2D eigenvalue weighted by Gasteiger charge is 2.08. The van der Waals surface area contributed by atoms with E-state index in [0.717, 1.165) is 22.3 Å². The van der Waals surface area contributed by atoms with Crippen LogP contribution in [0.4, 0.5) is 5.82 Å². The van der Waals surface area contributed by atoms with E-state index >= 15 is 0 Å². The molecule has 0 saturated carbocycles. The second-order valence-corrected chi connectivity index (χ2v) is 3.56. The van der Waals surface area contributed by atoms with E-state index in [1.165, 1.54) is 0 Å². The van der Waals surface area contributed by atoms with E-state index < -0.39 is 0 Å². The summed E-state index contributed by atoms with van der Waals surface area (Å²) < 4.78 is 0. The molecule has 2 heterocycles. The largest absolute Gasteiger partial charge is 0.384 e. The van der Waals surface area contributed by atoms with E-state index in [2.05, 4.69) is 15.0 Å². The summed E-state index contributed by atoms with van der Waals surface area (Å²) in [6.07, 6.45) is 1.65. The Hall–Kier alpha value is -2.36. The van der Waals surface area contributed by atoms with Gasteiger partial charge < -0.3 is 10.7 Å². The van der Waals surface area contributed by atoms with Crippen molar-refractivity contribution in [2.75, 3.05) is 5.73 Å². The third-order valence-corrected chi connectivity index (χ3v) is 2.47. The number of rotatable bonds is 1. The first-order chi connectivity index (χ1) is 7.84. The topological polar surface area (TPSA) is 67.6 Å². The van der Waals surface area contributed by atoms with Gasteiger partial charge in [0, 0.05) is 11.6 Å². The lowest BCUT2D eigenvalue weighted by Crippen LogP contribution is -1.93. The second-order valence-electron chi connectivity index (χ2n) is 3.56. The molecule has 0 saturated heterocycles. The Morgan fingerprint density at radius 3 is 2.75 bits per heavy atom. The summed E-state index contributed by atoms with van der Waals surface area (Å²) in [7, 11) is 0. The number of aromatic nitrogens is 3. The zero-order valence-corrected chi connectivity index (χ0v) is 8.51. The van der Waals surface area contributed by atoms with Crippen LogP contribution in [0, 0.1) is 0 Å². The molecular weight excluding hydrogens is 200 g/mol. The summed E-state index contributed by atoms with van der Waals surface area (Å²) in [6, 6.07) is 11.7. The van der Waals surface area contributed by atoms with Crippen molar-refractivity contribution >= 4 is 16.9 Å². The van der Waals surface area contributed by atoms with Crippen molar-refractivity contribution in [2.45, 2.75) is 0 Å². The van der Waals surface area contributed by atoms with Crippen molar-refractivity contribution < 1.29 is 0 Å². The molecule has 0 atom stereocenters. The van der Waals surface area contributed by atoms with Crippen molar-refractivity contribution in [3.63, 3.8) is 0 Å². The SMILES string of the molecule is Nc1cc2[nH]cnc2c(-c2ccccc2)n1. The van der Waals surface area contributed by atoms with E-state index in [1.807, 2.05) is 30.3 Å². The highest BCUT2D eigenvalue weighted by atomic mass is 14.9. The third kappa shape index (κ3) is 1.32. The number of nitrogens with one attached hydrogen (secondary N) is 1. The summed E-state index contributed by atoms with van der Waals surface area (Å²) in [5, 5.41) is 0. The molecule has 0 aliphatic heterocycles. The normalized spacial score (nSPS) is 10.8. The van der Waals surface area contributed by atoms with E-state index in [4.69, 9.17) is 5.73 Å². The predicted molar refractivity (Wildman–Crippen MR) is 63.7 cm³/mol. The molecule has 0 amide bonds. The Morgan fingerprint density at radius 2 is 1.94 bits per heavy atom. The smallest absolute Gasteiger partial charge is 0.126 e. The van der Waals surface area contributed by atoms with E-state index in [9.17, 15) is 0 Å². The molecule has 3 rings (SSSR count). The van der Waals surface area contributed by atoms with Gasteiger partial charge in [-0.05, 0) is 0 Å². The van der Waals surface area contributed by atoms with E-state index in [1.54, 1.807) is 12.4 Å². The predicted octanol–water partition coefficient (Wildman–Crippen LogP) is 2.21. The first-order valence-corrected chi connectivity index (χ1v) is 4.99. The molecule has 0 bridgehead atoms. The average Bonchev–Trinajstić information content (AvgIpc) is 2.77.